The molecule has 7 heteroatoms. The van der Waals surface area contributed by atoms with E-state index in [9.17, 15) is 22.8 Å². The molecule has 0 radical (unpaired) electrons. The first-order valence-electron chi connectivity index (χ1n) is 6.92. The Hall–Kier alpha value is -2.05. The summed E-state index contributed by atoms with van der Waals surface area (Å²) in [6, 6.07) is 2.57. The van der Waals surface area contributed by atoms with Crippen LogP contribution in [0.2, 0.25) is 0 Å². The lowest BCUT2D eigenvalue weighted by molar-refractivity contribution is -0.141. The monoisotopic (exact) mass is 315 g/mol. The number of carbonyl (C=O) groups is 2. The van der Waals surface area contributed by atoms with Crippen molar-refractivity contribution in [1.29, 1.82) is 0 Å². The van der Waals surface area contributed by atoms with Gasteiger partial charge < -0.3 is 10.0 Å². The van der Waals surface area contributed by atoms with Gasteiger partial charge in [-0.1, -0.05) is 13.0 Å². The molecule has 1 atom stereocenters. The van der Waals surface area contributed by atoms with Crippen molar-refractivity contribution < 1.29 is 27.9 Å². The van der Waals surface area contributed by atoms with Crippen molar-refractivity contribution in [3.63, 3.8) is 0 Å². The van der Waals surface area contributed by atoms with Crippen molar-refractivity contribution in [1.82, 2.24) is 4.90 Å². The molecular weight excluding hydrogens is 299 g/mol. The number of rotatable bonds is 6. The summed E-state index contributed by atoms with van der Waals surface area (Å²) in [7, 11) is 0. The fourth-order valence-corrected chi connectivity index (χ4v) is 2.15. The van der Waals surface area contributed by atoms with E-state index < -0.39 is 35.6 Å². The van der Waals surface area contributed by atoms with Crippen molar-refractivity contribution in [2.45, 2.75) is 32.2 Å². The Morgan fingerprint density at radius 1 is 1.36 bits per heavy atom. The summed E-state index contributed by atoms with van der Waals surface area (Å²) < 4.78 is 38.9. The second kappa shape index (κ2) is 6.37. The highest BCUT2D eigenvalue weighted by molar-refractivity contribution is 5.95. The molecule has 1 aromatic carbocycles. The van der Waals surface area contributed by atoms with E-state index in [1.807, 2.05) is 0 Å². The van der Waals surface area contributed by atoms with E-state index in [1.165, 1.54) is 11.8 Å². The maximum atomic E-state index is 13.9. The Labute approximate surface area is 125 Å². The second-order valence-electron chi connectivity index (χ2n) is 5.47. The normalized spacial score (nSPS) is 15.7. The van der Waals surface area contributed by atoms with Crippen molar-refractivity contribution in [3.8, 4) is 0 Å². The number of alkyl halides is 2. The molecule has 4 nitrogen and oxygen atoms in total. The van der Waals surface area contributed by atoms with Crippen LogP contribution in [0.15, 0.2) is 18.2 Å². The van der Waals surface area contributed by atoms with E-state index >= 15 is 0 Å². The first kappa shape index (κ1) is 16.3. The minimum absolute atomic E-state index is 0.0329. The van der Waals surface area contributed by atoms with Gasteiger partial charge in [0, 0.05) is 18.2 Å². The average molecular weight is 315 g/mol. The summed E-state index contributed by atoms with van der Waals surface area (Å²) in [6.45, 7) is 1.43. The maximum Gasteiger partial charge on any atom is 0.308 e. The Morgan fingerprint density at radius 3 is 2.45 bits per heavy atom. The van der Waals surface area contributed by atoms with Gasteiger partial charge in [0.25, 0.3) is 12.3 Å². The first-order valence-corrected chi connectivity index (χ1v) is 6.92. The molecule has 120 valence electrons. The van der Waals surface area contributed by atoms with E-state index in [1.54, 1.807) is 0 Å². The molecular formula is C15H16F3NO3. The smallest absolute Gasteiger partial charge is 0.308 e. The molecule has 0 aromatic heterocycles. The summed E-state index contributed by atoms with van der Waals surface area (Å²) in [6.07, 6.45) is -1.35. The molecule has 2 rings (SSSR count). The number of hydrogen-bond acceptors (Lipinski definition) is 2. The van der Waals surface area contributed by atoms with Crippen LogP contribution in [-0.2, 0) is 4.79 Å². The minimum atomic E-state index is -2.81. The van der Waals surface area contributed by atoms with E-state index in [0.29, 0.717) is 6.07 Å². The average Bonchev–Trinajstić information content (AvgIpc) is 3.27. The predicted octanol–water partition coefficient (Wildman–Crippen LogP) is 3.09. The third-order valence-corrected chi connectivity index (χ3v) is 3.62. The number of carboxylic acid groups (broad SMARTS) is 1. The van der Waals surface area contributed by atoms with Crippen LogP contribution in [0.3, 0.4) is 0 Å². The Bertz CT molecular complexity index is 587. The number of carboxylic acids is 1. The number of benzene rings is 1. The topological polar surface area (TPSA) is 57.6 Å². The van der Waals surface area contributed by atoms with Crippen molar-refractivity contribution in [2.24, 2.45) is 5.92 Å². The van der Waals surface area contributed by atoms with Crippen molar-refractivity contribution >= 4 is 11.9 Å². The molecule has 0 saturated heterocycles. The van der Waals surface area contributed by atoms with Gasteiger partial charge in [-0.25, -0.2) is 13.2 Å². The minimum Gasteiger partial charge on any atom is -0.481 e. The predicted molar refractivity (Wildman–Crippen MR) is 72.2 cm³/mol. The van der Waals surface area contributed by atoms with Crippen LogP contribution < -0.4 is 0 Å². The molecule has 1 fully saturated rings. The lowest BCUT2D eigenvalue weighted by atomic mass is 10.1. The molecule has 1 aliphatic carbocycles. The SMILES string of the molecule is CC(CN(C(=O)c1ccc(C(F)F)cc1F)C1CC1)C(=O)O. The molecule has 0 aliphatic heterocycles. The van der Waals surface area contributed by atoms with Crippen LogP contribution in [-0.4, -0.2) is 34.5 Å². The second-order valence-corrected chi connectivity index (χ2v) is 5.47. The summed E-state index contributed by atoms with van der Waals surface area (Å²) >= 11 is 0. The summed E-state index contributed by atoms with van der Waals surface area (Å²) in [5.74, 6) is -3.51. The Kier molecular flexibility index (Phi) is 4.73. The van der Waals surface area contributed by atoms with Gasteiger partial charge in [-0.3, -0.25) is 9.59 Å². The van der Waals surface area contributed by atoms with Crippen molar-refractivity contribution in [3.05, 3.63) is 35.1 Å². The molecule has 1 saturated carbocycles. The van der Waals surface area contributed by atoms with Crippen LogP contribution >= 0.6 is 0 Å². The highest BCUT2D eigenvalue weighted by Gasteiger charge is 2.35. The van der Waals surface area contributed by atoms with Gasteiger partial charge >= 0.3 is 5.97 Å². The molecule has 22 heavy (non-hydrogen) atoms. The largest absolute Gasteiger partial charge is 0.481 e. The highest BCUT2D eigenvalue weighted by atomic mass is 19.3. The zero-order valence-electron chi connectivity index (χ0n) is 11.9. The van der Waals surface area contributed by atoms with E-state index in [2.05, 4.69) is 0 Å². The molecule has 1 aliphatic rings. The molecule has 1 unspecified atom stereocenters. The van der Waals surface area contributed by atoms with Gasteiger partial charge in [-0.15, -0.1) is 0 Å². The number of nitrogens with zero attached hydrogens (tertiary/aromatic N) is 1. The first-order chi connectivity index (χ1) is 10.3. The van der Waals surface area contributed by atoms with E-state index in [-0.39, 0.29) is 18.2 Å². The summed E-state index contributed by atoms with van der Waals surface area (Å²) in [5.41, 5.74) is -0.806. The lowest BCUT2D eigenvalue weighted by Gasteiger charge is -2.24. The zero-order chi connectivity index (χ0) is 16.4. The molecule has 1 amide bonds. The molecule has 0 bridgehead atoms. The fraction of sp³-hybridized carbons (Fsp3) is 0.467. The van der Waals surface area contributed by atoms with Gasteiger partial charge in [-0.05, 0) is 25.0 Å². The van der Waals surface area contributed by atoms with Gasteiger partial charge in [0.1, 0.15) is 5.82 Å². The Balaban J connectivity index is 2.22. The number of amides is 1. The number of halogens is 3. The quantitative estimate of drug-likeness (QED) is 0.877. The van der Waals surface area contributed by atoms with Gasteiger partial charge in [0.05, 0.1) is 11.5 Å². The Morgan fingerprint density at radius 2 is 2.00 bits per heavy atom. The number of hydrogen-bond donors (Lipinski definition) is 1. The zero-order valence-corrected chi connectivity index (χ0v) is 11.9. The number of carbonyl (C=O) groups excluding carboxylic acids is 1. The highest BCUT2D eigenvalue weighted by Crippen LogP contribution is 2.30. The van der Waals surface area contributed by atoms with Crippen LogP contribution in [0.1, 0.15) is 42.1 Å². The van der Waals surface area contributed by atoms with Gasteiger partial charge in [0.2, 0.25) is 0 Å². The molecule has 0 spiro atoms. The maximum absolute atomic E-state index is 13.9. The van der Waals surface area contributed by atoms with Crippen molar-refractivity contribution in [2.75, 3.05) is 6.54 Å². The van der Waals surface area contributed by atoms with E-state index in [0.717, 1.165) is 25.0 Å². The van der Waals surface area contributed by atoms with Gasteiger partial charge in [0.15, 0.2) is 0 Å². The fourth-order valence-electron chi connectivity index (χ4n) is 2.15. The molecule has 0 heterocycles. The van der Waals surface area contributed by atoms with E-state index in [4.69, 9.17) is 5.11 Å². The standard InChI is InChI=1S/C15H16F3NO3/c1-8(15(21)22)7-19(10-3-4-10)14(20)11-5-2-9(13(17)18)6-12(11)16/h2,5-6,8,10,13H,3-4,7H2,1H3,(H,21,22). The molecule has 1 N–H and O–H groups in total. The third-order valence-electron chi connectivity index (χ3n) is 3.62. The van der Waals surface area contributed by atoms with Gasteiger partial charge in [-0.2, -0.15) is 0 Å². The lowest BCUT2D eigenvalue weighted by Crippen LogP contribution is -2.39. The van der Waals surface area contributed by atoms with Crippen LogP contribution in [0.5, 0.6) is 0 Å². The number of aliphatic carboxylic acids is 1. The summed E-state index contributed by atoms with van der Waals surface area (Å²) in [5, 5.41) is 8.94. The van der Waals surface area contributed by atoms with Crippen LogP contribution in [0.4, 0.5) is 13.2 Å². The summed E-state index contributed by atoms with van der Waals surface area (Å²) in [4.78, 5) is 24.6. The van der Waals surface area contributed by atoms with Crippen LogP contribution in [0, 0.1) is 11.7 Å². The van der Waals surface area contributed by atoms with Crippen LogP contribution in [0.25, 0.3) is 0 Å². The third kappa shape index (κ3) is 3.58. The molecule has 1 aromatic rings.